The average Bonchev–Trinajstić information content (AvgIpc) is 3.17. The van der Waals surface area contributed by atoms with E-state index in [0.717, 1.165) is 12.1 Å². The quantitative estimate of drug-likeness (QED) is 0.687. The number of anilines is 1. The van der Waals surface area contributed by atoms with Crippen molar-refractivity contribution in [3.8, 4) is 0 Å². The number of nitrogens with zero attached hydrogens (tertiary/aromatic N) is 2. The first-order valence-electron chi connectivity index (χ1n) is 11.6. The molecule has 172 valence electrons. The average molecular weight is 456 g/mol. The summed E-state index contributed by atoms with van der Waals surface area (Å²) in [5.74, 6) is -0.0333. The maximum absolute atomic E-state index is 12.8. The number of hydrogen-bond donors (Lipinski definition) is 1. The van der Waals surface area contributed by atoms with Gasteiger partial charge >= 0.3 is 0 Å². The molecule has 2 aromatic carbocycles. The van der Waals surface area contributed by atoms with Crippen molar-refractivity contribution >= 4 is 21.6 Å². The highest BCUT2D eigenvalue weighted by Crippen LogP contribution is 2.25. The summed E-state index contributed by atoms with van der Waals surface area (Å²) in [5, 5.41) is 3.02. The topological polar surface area (TPSA) is 69.7 Å². The first-order valence-corrected chi connectivity index (χ1v) is 13.2. The molecule has 0 radical (unpaired) electrons. The largest absolute Gasteiger partial charge is 0.348 e. The Morgan fingerprint density at radius 1 is 1.03 bits per heavy atom. The minimum Gasteiger partial charge on any atom is -0.348 e. The van der Waals surface area contributed by atoms with Gasteiger partial charge in [-0.2, -0.15) is 0 Å². The summed E-state index contributed by atoms with van der Waals surface area (Å²) in [6.45, 7) is 1.79. The van der Waals surface area contributed by atoms with Crippen LogP contribution < -0.4 is 9.62 Å². The lowest BCUT2D eigenvalue weighted by Crippen LogP contribution is -2.33. The molecule has 1 N–H and O–H groups in total. The third kappa shape index (κ3) is 5.33. The molecular formula is C25H33N3O3S. The molecule has 0 bridgehead atoms. The van der Waals surface area contributed by atoms with E-state index in [1.165, 1.54) is 42.0 Å². The molecule has 1 aliphatic heterocycles. The minimum absolute atomic E-state index is 0.162. The Kier molecular flexibility index (Phi) is 7.16. The van der Waals surface area contributed by atoms with E-state index in [9.17, 15) is 13.2 Å². The van der Waals surface area contributed by atoms with Crippen LogP contribution in [0.1, 0.15) is 60.0 Å². The maximum atomic E-state index is 12.8. The molecule has 1 aliphatic carbocycles. The van der Waals surface area contributed by atoms with E-state index >= 15 is 0 Å². The number of nitrogens with one attached hydrogen (secondary N) is 1. The second-order valence-corrected chi connectivity index (χ2v) is 11.0. The molecule has 2 aromatic rings. The summed E-state index contributed by atoms with van der Waals surface area (Å²) >= 11 is 0. The molecule has 6 nitrogen and oxygen atoms in total. The van der Waals surface area contributed by atoms with E-state index in [-0.39, 0.29) is 11.7 Å². The molecule has 2 fully saturated rings. The first-order chi connectivity index (χ1) is 15.4. The van der Waals surface area contributed by atoms with Gasteiger partial charge in [-0.05, 0) is 55.6 Å². The molecular weight excluding hydrogens is 422 g/mol. The Labute approximate surface area is 191 Å². The summed E-state index contributed by atoms with van der Waals surface area (Å²) in [6, 6.07) is 15.8. The van der Waals surface area contributed by atoms with Crippen molar-refractivity contribution < 1.29 is 13.2 Å². The lowest BCUT2D eigenvalue weighted by Gasteiger charge is -2.31. The van der Waals surface area contributed by atoms with Crippen molar-refractivity contribution in [3.63, 3.8) is 0 Å². The second kappa shape index (κ2) is 10.0. The van der Waals surface area contributed by atoms with E-state index in [1.807, 2.05) is 6.07 Å². The van der Waals surface area contributed by atoms with Gasteiger partial charge in [0.25, 0.3) is 5.91 Å². The molecule has 1 saturated heterocycles. The predicted octanol–water partition coefficient (Wildman–Crippen LogP) is 3.92. The van der Waals surface area contributed by atoms with Crippen LogP contribution in [0.25, 0.3) is 0 Å². The zero-order chi connectivity index (χ0) is 22.6. The molecule has 32 heavy (non-hydrogen) atoms. The number of amides is 1. The van der Waals surface area contributed by atoms with Crippen LogP contribution in [0.15, 0.2) is 48.5 Å². The number of carbonyl (C=O) groups is 1. The summed E-state index contributed by atoms with van der Waals surface area (Å²) in [4.78, 5) is 15.3. The van der Waals surface area contributed by atoms with Gasteiger partial charge in [0.1, 0.15) is 0 Å². The molecule has 0 atom stereocenters. The highest BCUT2D eigenvalue weighted by atomic mass is 32.2. The molecule has 1 saturated carbocycles. The van der Waals surface area contributed by atoms with Gasteiger partial charge in [-0.3, -0.25) is 14.0 Å². The minimum atomic E-state index is -3.27. The van der Waals surface area contributed by atoms with Gasteiger partial charge in [-0.25, -0.2) is 8.42 Å². The lowest BCUT2D eigenvalue weighted by atomic mass is 9.94. The van der Waals surface area contributed by atoms with E-state index in [4.69, 9.17) is 0 Å². The van der Waals surface area contributed by atoms with Crippen molar-refractivity contribution in [1.29, 1.82) is 0 Å². The molecule has 1 amide bonds. The van der Waals surface area contributed by atoms with Gasteiger partial charge in [0.05, 0.1) is 11.4 Å². The van der Waals surface area contributed by atoms with Crippen molar-refractivity contribution in [1.82, 2.24) is 10.2 Å². The molecule has 0 aromatic heterocycles. The summed E-state index contributed by atoms with van der Waals surface area (Å²) in [7, 11) is -1.07. The van der Waals surface area contributed by atoms with Crippen LogP contribution in [0.4, 0.5) is 5.69 Å². The van der Waals surface area contributed by atoms with Gasteiger partial charge in [0, 0.05) is 31.2 Å². The molecule has 7 heteroatoms. The first kappa shape index (κ1) is 22.8. The monoisotopic (exact) mass is 455 g/mol. The van der Waals surface area contributed by atoms with Crippen LogP contribution in [0.3, 0.4) is 0 Å². The van der Waals surface area contributed by atoms with Crippen molar-refractivity contribution in [2.24, 2.45) is 0 Å². The number of sulfonamides is 1. The standard InChI is InChI=1S/C25H33N3O3S/c1-27(23-12-3-2-4-13-23)19-22-10-6-5-9-21(22)18-26-25(29)20-11-7-14-24(17-20)28-15-8-16-32(28,30)31/h5-7,9-11,14,17,23H,2-4,8,12-13,15-16,18-19H2,1H3,(H,26,29). The van der Waals surface area contributed by atoms with Gasteiger partial charge in [-0.1, -0.05) is 49.6 Å². The van der Waals surface area contributed by atoms with E-state index in [0.29, 0.717) is 36.8 Å². The normalized spacial score (nSPS) is 18.8. The molecule has 0 spiro atoms. The Bertz CT molecular complexity index is 1050. The van der Waals surface area contributed by atoms with Gasteiger partial charge in [-0.15, -0.1) is 0 Å². The number of rotatable bonds is 7. The predicted molar refractivity (Wildman–Crippen MR) is 128 cm³/mol. The third-order valence-electron chi connectivity index (χ3n) is 6.67. The van der Waals surface area contributed by atoms with Crippen LogP contribution in [0, 0.1) is 0 Å². The lowest BCUT2D eigenvalue weighted by molar-refractivity contribution is 0.0950. The number of hydrogen-bond acceptors (Lipinski definition) is 4. The summed E-state index contributed by atoms with van der Waals surface area (Å²) < 4.78 is 25.8. The van der Waals surface area contributed by atoms with Crippen molar-refractivity contribution in [3.05, 3.63) is 65.2 Å². The SMILES string of the molecule is CN(Cc1ccccc1CNC(=O)c1cccc(N2CCCS2(=O)=O)c1)C1CCCCC1. The van der Waals surface area contributed by atoms with Gasteiger partial charge in [0.15, 0.2) is 0 Å². The highest BCUT2D eigenvalue weighted by Gasteiger charge is 2.28. The van der Waals surface area contributed by atoms with Gasteiger partial charge < -0.3 is 5.32 Å². The molecule has 0 unspecified atom stereocenters. The summed E-state index contributed by atoms with van der Waals surface area (Å²) in [6.07, 6.45) is 7.11. The zero-order valence-electron chi connectivity index (χ0n) is 18.8. The van der Waals surface area contributed by atoms with Gasteiger partial charge in [0.2, 0.25) is 10.0 Å². The molecule has 2 aliphatic rings. The van der Waals surface area contributed by atoms with E-state index in [2.05, 4.69) is 35.5 Å². The molecule has 4 rings (SSSR count). The number of benzene rings is 2. The third-order valence-corrected chi connectivity index (χ3v) is 8.54. The van der Waals surface area contributed by atoms with Crippen molar-refractivity contribution in [2.45, 2.75) is 57.7 Å². The van der Waals surface area contributed by atoms with E-state index in [1.54, 1.807) is 24.3 Å². The number of carbonyl (C=O) groups excluding carboxylic acids is 1. The van der Waals surface area contributed by atoms with Crippen molar-refractivity contribution in [2.75, 3.05) is 23.7 Å². The van der Waals surface area contributed by atoms with Crippen LogP contribution in [-0.2, 0) is 23.1 Å². The fourth-order valence-corrected chi connectivity index (χ4v) is 6.37. The second-order valence-electron chi connectivity index (χ2n) is 8.95. The fourth-order valence-electron chi connectivity index (χ4n) is 4.81. The zero-order valence-corrected chi connectivity index (χ0v) is 19.6. The smallest absolute Gasteiger partial charge is 0.251 e. The van der Waals surface area contributed by atoms with Crippen LogP contribution in [0.2, 0.25) is 0 Å². The summed E-state index contributed by atoms with van der Waals surface area (Å²) in [5.41, 5.74) is 3.38. The Balaban J connectivity index is 1.41. The maximum Gasteiger partial charge on any atom is 0.251 e. The van der Waals surface area contributed by atoms with Crippen LogP contribution >= 0.6 is 0 Å². The molecule has 1 heterocycles. The fraction of sp³-hybridized carbons (Fsp3) is 0.480. The Hall–Kier alpha value is -2.38. The van der Waals surface area contributed by atoms with Crippen LogP contribution in [-0.4, -0.2) is 44.6 Å². The van der Waals surface area contributed by atoms with E-state index < -0.39 is 10.0 Å². The Morgan fingerprint density at radius 3 is 2.50 bits per heavy atom. The Morgan fingerprint density at radius 2 is 1.78 bits per heavy atom. The highest BCUT2D eigenvalue weighted by molar-refractivity contribution is 7.93. The van der Waals surface area contributed by atoms with Crippen LogP contribution in [0.5, 0.6) is 0 Å².